The average Bonchev–Trinajstić information content (AvgIpc) is 3.53. The van der Waals surface area contributed by atoms with Crippen molar-refractivity contribution in [1.82, 2.24) is 29.6 Å². The lowest BCUT2D eigenvalue weighted by Crippen LogP contribution is -2.31. The molecule has 1 amide bonds. The monoisotopic (exact) mass is 471 g/mol. The van der Waals surface area contributed by atoms with Crippen LogP contribution < -0.4 is 4.90 Å². The molecule has 35 heavy (non-hydrogen) atoms. The molecular weight excluding hydrogens is 445 g/mol. The van der Waals surface area contributed by atoms with E-state index in [1.54, 1.807) is 35.4 Å². The van der Waals surface area contributed by atoms with Crippen LogP contribution in [0.4, 0.5) is 10.3 Å². The standard InChI is InChI=1S/C26H26FN7O/c1-32(2)26-29-15-21(17-6-4-7-20(27)12-17)24(31-26)23-8-5-11-34(23)25(35)18-9-10-22(28-13-18)19-14-30-33(3)16-19/h4,6-7,9-10,12-16,23H,5,8,11H2,1-3H3. The fourth-order valence-electron chi connectivity index (χ4n) is 4.44. The number of amides is 1. The van der Waals surface area contributed by atoms with Crippen molar-refractivity contribution in [2.75, 3.05) is 25.5 Å². The van der Waals surface area contributed by atoms with Crippen LogP contribution in [0.5, 0.6) is 0 Å². The number of aryl methyl sites for hydroxylation is 1. The Morgan fingerprint density at radius 2 is 1.94 bits per heavy atom. The average molecular weight is 472 g/mol. The van der Waals surface area contributed by atoms with Crippen LogP contribution in [0.15, 0.2) is 61.2 Å². The van der Waals surface area contributed by atoms with Crippen molar-refractivity contribution in [3.63, 3.8) is 0 Å². The molecule has 1 aromatic carbocycles. The van der Waals surface area contributed by atoms with E-state index in [0.29, 0.717) is 23.6 Å². The van der Waals surface area contributed by atoms with Gasteiger partial charge in [-0.1, -0.05) is 12.1 Å². The fraction of sp³-hybridized carbons (Fsp3) is 0.269. The largest absolute Gasteiger partial charge is 0.347 e. The number of carbonyl (C=O) groups excluding carboxylic acids is 1. The molecule has 1 fully saturated rings. The first-order valence-corrected chi connectivity index (χ1v) is 11.5. The van der Waals surface area contributed by atoms with Gasteiger partial charge in [0.1, 0.15) is 5.82 Å². The molecule has 1 atom stereocenters. The Bertz CT molecular complexity index is 1370. The van der Waals surface area contributed by atoms with Crippen molar-refractivity contribution in [3.05, 3.63) is 78.3 Å². The van der Waals surface area contributed by atoms with E-state index >= 15 is 0 Å². The van der Waals surface area contributed by atoms with Gasteiger partial charge in [0.2, 0.25) is 5.95 Å². The minimum absolute atomic E-state index is 0.104. The minimum Gasteiger partial charge on any atom is -0.347 e. The van der Waals surface area contributed by atoms with Crippen molar-refractivity contribution in [1.29, 1.82) is 0 Å². The number of likely N-dealkylation sites (tertiary alicyclic amines) is 1. The topological polar surface area (TPSA) is 80.0 Å². The summed E-state index contributed by atoms with van der Waals surface area (Å²) in [5.41, 5.74) is 4.30. The third-order valence-corrected chi connectivity index (χ3v) is 6.18. The first-order chi connectivity index (χ1) is 16.9. The molecule has 1 saturated heterocycles. The third kappa shape index (κ3) is 4.49. The van der Waals surface area contributed by atoms with Crippen LogP contribution >= 0.6 is 0 Å². The highest BCUT2D eigenvalue weighted by Crippen LogP contribution is 2.38. The molecular formula is C26H26FN7O. The summed E-state index contributed by atoms with van der Waals surface area (Å²) in [5.74, 6) is 0.110. The highest BCUT2D eigenvalue weighted by Gasteiger charge is 2.34. The second kappa shape index (κ2) is 9.25. The number of halogens is 1. The number of rotatable bonds is 5. The minimum atomic E-state index is -0.329. The van der Waals surface area contributed by atoms with Crippen LogP contribution in [0, 0.1) is 5.82 Å². The van der Waals surface area contributed by atoms with Crippen LogP contribution in [0.25, 0.3) is 22.4 Å². The maximum Gasteiger partial charge on any atom is 0.255 e. The number of carbonyl (C=O) groups is 1. The van der Waals surface area contributed by atoms with E-state index in [1.807, 2.05) is 49.3 Å². The van der Waals surface area contributed by atoms with Gasteiger partial charge in [-0.05, 0) is 42.7 Å². The van der Waals surface area contributed by atoms with Crippen molar-refractivity contribution in [2.24, 2.45) is 7.05 Å². The maximum atomic E-state index is 14.0. The van der Waals surface area contributed by atoms with E-state index in [1.165, 1.54) is 12.1 Å². The van der Waals surface area contributed by atoms with Crippen LogP contribution in [-0.2, 0) is 7.05 Å². The molecule has 8 nitrogen and oxygen atoms in total. The van der Waals surface area contributed by atoms with Gasteiger partial charge in [0, 0.05) is 57.4 Å². The summed E-state index contributed by atoms with van der Waals surface area (Å²) >= 11 is 0. The summed E-state index contributed by atoms with van der Waals surface area (Å²) in [6.07, 6.45) is 8.56. The zero-order chi connectivity index (χ0) is 24.5. The molecule has 1 unspecified atom stereocenters. The number of hydrogen-bond acceptors (Lipinski definition) is 6. The number of hydrogen-bond donors (Lipinski definition) is 0. The third-order valence-electron chi connectivity index (χ3n) is 6.18. The lowest BCUT2D eigenvalue weighted by Gasteiger charge is -2.27. The van der Waals surface area contributed by atoms with Crippen molar-refractivity contribution in [2.45, 2.75) is 18.9 Å². The molecule has 0 spiro atoms. The van der Waals surface area contributed by atoms with Gasteiger partial charge < -0.3 is 9.80 Å². The van der Waals surface area contributed by atoms with Crippen LogP contribution in [0.1, 0.15) is 34.9 Å². The van der Waals surface area contributed by atoms with Gasteiger partial charge in [0.05, 0.1) is 29.2 Å². The van der Waals surface area contributed by atoms with Gasteiger partial charge in [0.15, 0.2) is 0 Å². The zero-order valence-corrected chi connectivity index (χ0v) is 19.9. The summed E-state index contributed by atoms with van der Waals surface area (Å²) < 4.78 is 15.7. The molecule has 0 radical (unpaired) electrons. The Kier molecular flexibility index (Phi) is 5.98. The molecule has 1 aliphatic rings. The quantitative estimate of drug-likeness (QED) is 0.436. The Morgan fingerprint density at radius 1 is 1.09 bits per heavy atom. The van der Waals surface area contributed by atoms with E-state index < -0.39 is 0 Å². The molecule has 4 aromatic rings. The molecule has 0 bridgehead atoms. The second-order valence-electron chi connectivity index (χ2n) is 8.87. The maximum absolute atomic E-state index is 14.0. The molecule has 3 aromatic heterocycles. The van der Waals surface area contributed by atoms with Gasteiger partial charge in [-0.15, -0.1) is 0 Å². The van der Waals surface area contributed by atoms with Crippen molar-refractivity contribution >= 4 is 11.9 Å². The SMILES string of the molecule is CN(C)c1ncc(-c2cccc(F)c2)c(C2CCCN2C(=O)c2ccc(-c3cnn(C)c3)nc2)n1. The van der Waals surface area contributed by atoms with Crippen LogP contribution in [0.3, 0.4) is 0 Å². The summed E-state index contributed by atoms with van der Waals surface area (Å²) in [6, 6.07) is 9.77. The molecule has 9 heteroatoms. The Hall–Kier alpha value is -4.14. The normalized spacial score (nSPS) is 15.4. The lowest BCUT2D eigenvalue weighted by atomic mass is 9.99. The van der Waals surface area contributed by atoms with Crippen LogP contribution in [-0.4, -0.2) is 56.2 Å². The van der Waals surface area contributed by atoms with E-state index in [0.717, 1.165) is 35.4 Å². The van der Waals surface area contributed by atoms with E-state index in [4.69, 9.17) is 4.98 Å². The number of benzene rings is 1. The smallest absolute Gasteiger partial charge is 0.255 e. The van der Waals surface area contributed by atoms with Gasteiger partial charge in [-0.2, -0.15) is 5.10 Å². The van der Waals surface area contributed by atoms with Gasteiger partial charge in [0.25, 0.3) is 5.91 Å². The molecule has 0 N–H and O–H groups in total. The molecule has 1 aliphatic heterocycles. The van der Waals surface area contributed by atoms with Gasteiger partial charge in [-0.25, -0.2) is 14.4 Å². The summed E-state index contributed by atoms with van der Waals surface area (Å²) in [7, 11) is 5.59. The summed E-state index contributed by atoms with van der Waals surface area (Å²) in [6.45, 7) is 0.609. The molecule has 0 saturated carbocycles. The Morgan fingerprint density at radius 3 is 2.63 bits per heavy atom. The van der Waals surface area contributed by atoms with Gasteiger partial charge in [-0.3, -0.25) is 14.5 Å². The van der Waals surface area contributed by atoms with Crippen molar-refractivity contribution < 1.29 is 9.18 Å². The summed E-state index contributed by atoms with van der Waals surface area (Å²) in [4.78, 5) is 31.0. The van der Waals surface area contributed by atoms with E-state index in [9.17, 15) is 9.18 Å². The highest BCUT2D eigenvalue weighted by atomic mass is 19.1. The van der Waals surface area contributed by atoms with E-state index in [2.05, 4.69) is 15.1 Å². The zero-order valence-electron chi connectivity index (χ0n) is 19.9. The van der Waals surface area contributed by atoms with Crippen LogP contribution in [0.2, 0.25) is 0 Å². The molecule has 178 valence electrons. The molecule has 5 rings (SSSR count). The van der Waals surface area contributed by atoms with Crippen molar-refractivity contribution in [3.8, 4) is 22.4 Å². The first kappa shape index (κ1) is 22.6. The first-order valence-electron chi connectivity index (χ1n) is 11.5. The fourth-order valence-corrected chi connectivity index (χ4v) is 4.44. The Labute approximate surface area is 203 Å². The number of pyridine rings is 1. The number of anilines is 1. The van der Waals surface area contributed by atoms with Gasteiger partial charge >= 0.3 is 0 Å². The second-order valence-corrected chi connectivity index (χ2v) is 8.87. The number of nitrogens with zero attached hydrogens (tertiary/aromatic N) is 7. The lowest BCUT2D eigenvalue weighted by molar-refractivity contribution is 0.0733. The predicted molar refractivity (Wildman–Crippen MR) is 131 cm³/mol. The Balaban J connectivity index is 1.49. The molecule has 4 heterocycles. The highest BCUT2D eigenvalue weighted by molar-refractivity contribution is 5.94. The van der Waals surface area contributed by atoms with E-state index in [-0.39, 0.29) is 17.8 Å². The predicted octanol–water partition coefficient (Wildman–Crippen LogP) is 4.12. The molecule has 0 aliphatic carbocycles. The summed E-state index contributed by atoms with van der Waals surface area (Å²) in [5, 5.41) is 4.18. The number of aromatic nitrogens is 5.